The Balaban J connectivity index is 1.58. The van der Waals surface area contributed by atoms with Crippen molar-refractivity contribution in [3.8, 4) is 5.75 Å². The van der Waals surface area contributed by atoms with Crippen LogP contribution < -0.4 is 10.1 Å². The van der Waals surface area contributed by atoms with Crippen molar-refractivity contribution in [1.29, 1.82) is 0 Å². The number of ether oxygens (including phenoxy) is 1. The first-order chi connectivity index (χ1) is 14.5. The van der Waals surface area contributed by atoms with E-state index >= 15 is 0 Å². The summed E-state index contributed by atoms with van der Waals surface area (Å²) in [6, 6.07) is 7.69. The lowest BCUT2D eigenvalue weighted by atomic mass is 10.0. The van der Waals surface area contributed by atoms with Crippen LogP contribution in [-0.2, 0) is 16.2 Å². The molecule has 1 aliphatic heterocycles. The number of aromatic nitrogens is 1. The minimum Gasteiger partial charge on any atom is -0.487 e. The highest BCUT2D eigenvalue weighted by molar-refractivity contribution is 7.09. The standard InChI is InChI=1S/C23H29N3O3S/c1-3-7-22(27)25-19-9-6-13-26(14-19)23(28)12-11-18-8-4-5-10-21(18)29-15-20-16-30-17(2)24-20/h4-5,8,10-12,16,19H,3,6-7,9,13-15H2,1-2H3,(H,25,27)/b12-11+. The number of amides is 2. The van der Waals surface area contributed by atoms with Gasteiger partial charge in [-0.2, -0.15) is 0 Å². The third kappa shape index (κ3) is 6.42. The average molecular weight is 428 g/mol. The van der Waals surface area contributed by atoms with E-state index in [2.05, 4.69) is 10.3 Å². The summed E-state index contributed by atoms with van der Waals surface area (Å²) in [6.45, 7) is 5.62. The fourth-order valence-electron chi connectivity index (χ4n) is 3.46. The predicted molar refractivity (Wildman–Crippen MR) is 119 cm³/mol. The van der Waals surface area contributed by atoms with Gasteiger partial charge < -0.3 is 15.0 Å². The van der Waals surface area contributed by atoms with E-state index in [4.69, 9.17) is 4.74 Å². The van der Waals surface area contributed by atoms with Crippen molar-refractivity contribution < 1.29 is 14.3 Å². The molecule has 2 amide bonds. The first-order valence-electron chi connectivity index (χ1n) is 10.4. The maximum atomic E-state index is 12.7. The number of hydrogen-bond acceptors (Lipinski definition) is 5. The van der Waals surface area contributed by atoms with Crippen molar-refractivity contribution in [3.05, 3.63) is 52.0 Å². The molecule has 7 heteroatoms. The molecule has 0 radical (unpaired) electrons. The van der Waals surface area contributed by atoms with Gasteiger partial charge in [-0.05, 0) is 38.3 Å². The lowest BCUT2D eigenvalue weighted by Crippen LogP contribution is -2.49. The molecule has 1 aromatic heterocycles. The number of para-hydroxylation sites is 1. The Morgan fingerprint density at radius 3 is 2.97 bits per heavy atom. The van der Waals surface area contributed by atoms with Crippen molar-refractivity contribution in [3.63, 3.8) is 0 Å². The number of nitrogens with one attached hydrogen (secondary N) is 1. The van der Waals surface area contributed by atoms with Gasteiger partial charge in [0.2, 0.25) is 11.8 Å². The van der Waals surface area contributed by atoms with Gasteiger partial charge in [-0.1, -0.05) is 25.1 Å². The summed E-state index contributed by atoms with van der Waals surface area (Å²) in [7, 11) is 0. The van der Waals surface area contributed by atoms with Crippen molar-refractivity contribution in [2.24, 2.45) is 0 Å². The highest BCUT2D eigenvalue weighted by Gasteiger charge is 2.23. The number of thiazole rings is 1. The van der Waals surface area contributed by atoms with Crippen LogP contribution in [0.2, 0.25) is 0 Å². The quantitative estimate of drug-likeness (QED) is 0.648. The summed E-state index contributed by atoms with van der Waals surface area (Å²) in [6.07, 6.45) is 6.54. The van der Waals surface area contributed by atoms with E-state index in [0.717, 1.165) is 41.3 Å². The highest BCUT2D eigenvalue weighted by atomic mass is 32.1. The number of likely N-dealkylation sites (tertiary alicyclic amines) is 1. The second-order valence-electron chi connectivity index (χ2n) is 7.46. The van der Waals surface area contributed by atoms with E-state index in [1.165, 1.54) is 0 Å². The van der Waals surface area contributed by atoms with Crippen LogP contribution in [-0.4, -0.2) is 40.8 Å². The van der Waals surface area contributed by atoms with Gasteiger partial charge in [0.1, 0.15) is 12.4 Å². The van der Waals surface area contributed by atoms with Crippen LogP contribution >= 0.6 is 11.3 Å². The Hall–Kier alpha value is -2.67. The number of benzene rings is 1. The summed E-state index contributed by atoms with van der Waals surface area (Å²) in [5.74, 6) is 0.735. The predicted octanol–water partition coefficient (Wildman–Crippen LogP) is 3.95. The van der Waals surface area contributed by atoms with Gasteiger partial charge >= 0.3 is 0 Å². The topological polar surface area (TPSA) is 71.5 Å². The smallest absolute Gasteiger partial charge is 0.246 e. The van der Waals surface area contributed by atoms with E-state index in [0.29, 0.717) is 26.1 Å². The summed E-state index contributed by atoms with van der Waals surface area (Å²) in [5, 5.41) is 6.04. The number of hydrogen-bond donors (Lipinski definition) is 1. The summed E-state index contributed by atoms with van der Waals surface area (Å²) in [5.41, 5.74) is 1.75. The van der Waals surface area contributed by atoms with Gasteiger partial charge in [0.15, 0.2) is 0 Å². The molecule has 1 aromatic carbocycles. The number of aryl methyl sites for hydroxylation is 1. The van der Waals surface area contributed by atoms with Crippen molar-refractivity contribution >= 4 is 29.2 Å². The van der Waals surface area contributed by atoms with E-state index in [9.17, 15) is 9.59 Å². The molecule has 2 heterocycles. The summed E-state index contributed by atoms with van der Waals surface area (Å²) in [4.78, 5) is 30.8. The zero-order chi connectivity index (χ0) is 21.3. The number of rotatable bonds is 8. The molecule has 0 bridgehead atoms. The van der Waals surface area contributed by atoms with E-state index < -0.39 is 0 Å². The van der Waals surface area contributed by atoms with Gasteiger partial charge in [0.05, 0.1) is 10.7 Å². The fraction of sp³-hybridized carbons (Fsp3) is 0.435. The molecule has 1 saturated heterocycles. The molecule has 0 saturated carbocycles. The van der Waals surface area contributed by atoms with Crippen LogP contribution in [0, 0.1) is 6.92 Å². The molecular weight excluding hydrogens is 398 g/mol. The lowest BCUT2D eigenvalue weighted by Gasteiger charge is -2.32. The van der Waals surface area contributed by atoms with Crippen LogP contribution in [0.3, 0.4) is 0 Å². The molecule has 160 valence electrons. The third-order valence-electron chi connectivity index (χ3n) is 4.94. The number of piperidine rings is 1. The molecule has 1 atom stereocenters. The SMILES string of the molecule is CCCC(=O)NC1CCCN(C(=O)/C=C/c2ccccc2OCc2csc(C)n2)C1. The van der Waals surface area contributed by atoms with Crippen molar-refractivity contribution in [2.45, 2.75) is 52.2 Å². The van der Waals surface area contributed by atoms with Crippen molar-refractivity contribution in [1.82, 2.24) is 15.2 Å². The van der Waals surface area contributed by atoms with Crippen LogP contribution in [0.15, 0.2) is 35.7 Å². The van der Waals surface area contributed by atoms with Gasteiger partial charge in [-0.15, -0.1) is 11.3 Å². The van der Waals surface area contributed by atoms with E-state index in [1.807, 2.05) is 43.5 Å². The zero-order valence-electron chi connectivity index (χ0n) is 17.6. The number of carbonyl (C=O) groups excluding carboxylic acids is 2. The number of carbonyl (C=O) groups is 2. The molecular formula is C23H29N3O3S. The molecule has 6 nitrogen and oxygen atoms in total. The molecule has 30 heavy (non-hydrogen) atoms. The summed E-state index contributed by atoms with van der Waals surface area (Å²) < 4.78 is 5.92. The summed E-state index contributed by atoms with van der Waals surface area (Å²) >= 11 is 1.60. The van der Waals surface area contributed by atoms with E-state index in [-0.39, 0.29) is 17.9 Å². The van der Waals surface area contributed by atoms with Crippen LogP contribution in [0.4, 0.5) is 0 Å². The second kappa shape index (κ2) is 10.9. The largest absolute Gasteiger partial charge is 0.487 e. The lowest BCUT2D eigenvalue weighted by molar-refractivity contribution is -0.129. The monoisotopic (exact) mass is 427 g/mol. The van der Waals surface area contributed by atoms with Gasteiger partial charge in [0.25, 0.3) is 0 Å². The third-order valence-corrected chi connectivity index (χ3v) is 5.76. The fourth-order valence-corrected chi connectivity index (χ4v) is 4.06. The Morgan fingerprint density at radius 2 is 2.20 bits per heavy atom. The first kappa shape index (κ1) is 22.0. The van der Waals surface area contributed by atoms with Crippen LogP contribution in [0.25, 0.3) is 6.08 Å². The van der Waals surface area contributed by atoms with E-state index in [1.54, 1.807) is 28.4 Å². The first-order valence-corrected chi connectivity index (χ1v) is 11.3. The van der Waals surface area contributed by atoms with Crippen LogP contribution in [0.1, 0.15) is 48.9 Å². The Morgan fingerprint density at radius 1 is 1.37 bits per heavy atom. The minimum absolute atomic E-state index is 0.0346. The zero-order valence-corrected chi connectivity index (χ0v) is 18.4. The minimum atomic E-state index is -0.0469. The molecule has 1 fully saturated rings. The Bertz CT molecular complexity index is 893. The normalized spacial score (nSPS) is 16.6. The second-order valence-corrected chi connectivity index (χ2v) is 8.52. The maximum Gasteiger partial charge on any atom is 0.246 e. The molecule has 0 aliphatic carbocycles. The molecule has 0 spiro atoms. The van der Waals surface area contributed by atoms with Crippen LogP contribution in [0.5, 0.6) is 5.75 Å². The van der Waals surface area contributed by atoms with Gasteiger partial charge in [0, 0.05) is 42.6 Å². The van der Waals surface area contributed by atoms with Gasteiger partial charge in [-0.25, -0.2) is 4.98 Å². The molecule has 1 N–H and O–H groups in total. The van der Waals surface area contributed by atoms with Gasteiger partial charge in [-0.3, -0.25) is 9.59 Å². The maximum absolute atomic E-state index is 12.7. The molecule has 3 rings (SSSR count). The molecule has 2 aromatic rings. The number of nitrogens with zero attached hydrogens (tertiary/aromatic N) is 2. The Labute approximate surface area is 182 Å². The van der Waals surface area contributed by atoms with Crippen molar-refractivity contribution in [2.75, 3.05) is 13.1 Å². The average Bonchev–Trinajstić information content (AvgIpc) is 3.16. The molecule has 1 aliphatic rings. The molecule has 1 unspecified atom stereocenters. The highest BCUT2D eigenvalue weighted by Crippen LogP contribution is 2.22. The Kier molecular flexibility index (Phi) is 8.02.